The molecule has 0 aliphatic carbocycles. The number of benzene rings is 1. The van der Waals surface area contributed by atoms with Crippen LogP contribution in [0.5, 0.6) is 0 Å². The van der Waals surface area contributed by atoms with E-state index in [1.807, 2.05) is 46.7 Å². The number of halogens is 1. The fourth-order valence-corrected chi connectivity index (χ4v) is 4.60. The van der Waals surface area contributed by atoms with E-state index in [2.05, 4.69) is 15.1 Å². The molecular weight excluding hydrogens is 416 g/mol. The van der Waals surface area contributed by atoms with E-state index in [-0.39, 0.29) is 5.91 Å². The van der Waals surface area contributed by atoms with Crippen LogP contribution in [0.25, 0.3) is 0 Å². The van der Waals surface area contributed by atoms with Crippen LogP contribution in [0.1, 0.15) is 10.8 Å². The summed E-state index contributed by atoms with van der Waals surface area (Å²) in [6.45, 7) is 2.98. The van der Waals surface area contributed by atoms with Crippen molar-refractivity contribution in [3.63, 3.8) is 0 Å². The minimum Gasteiger partial charge on any atom is -0.416 e. The molecule has 1 aromatic carbocycles. The lowest BCUT2D eigenvalue weighted by molar-refractivity contribution is -0.128. The van der Waals surface area contributed by atoms with Crippen LogP contribution in [-0.4, -0.2) is 52.9 Å². The molecule has 0 bridgehead atoms. The summed E-state index contributed by atoms with van der Waals surface area (Å²) in [6, 6.07) is 11.8. The normalized spacial score (nSPS) is 14.5. The van der Waals surface area contributed by atoms with Gasteiger partial charge in [-0.1, -0.05) is 35.5 Å². The van der Waals surface area contributed by atoms with Crippen LogP contribution < -0.4 is 4.90 Å². The van der Waals surface area contributed by atoms with Crippen molar-refractivity contribution in [1.29, 1.82) is 0 Å². The van der Waals surface area contributed by atoms with Gasteiger partial charge in [-0.05, 0) is 29.6 Å². The van der Waals surface area contributed by atoms with E-state index >= 15 is 0 Å². The summed E-state index contributed by atoms with van der Waals surface area (Å²) in [5.41, 5.74) is 1.10. The summed E-state index contributed by atoms with van der Waals surface area (Å²) in [6.07, 6.45) is 0.630. The number of hydrogen-bond donors (Lipinski definition) is 0. The number of carbonyl (C=O) groups is 1. The highest BCUT2D eigenvalue weighted by molar-refractivity contribution is 7.99. The summed E-state index contributed by atoms with van der Waals surface area (Å²) in [4.78, 5) is 17.8. The predicted octanol–water partition coefficient (Wildman–Crippen LogP) is 3.82. The molecule has 1 fully saturated rings. The molecule has 9 heteroatoms. The Morgan fingerprint density at radius 2 is 2.04 bits per heavy atom. The minimum absolute atomic E-state index is 0.0914. The second-order valence-electron chi connectivity index (χ2n) is 6.35. The van der Waals surface area contributed by atoms with E-state index in [0.717, 1.165) is 23.8 Å². The van der Waals surface area contributed by atoms with Crippen LogP contribution in [0.3, 0.4) is 0 Å². The van der Waals surface area contributed by atoms with Gasteiger partial charge in [-0.15, -0.1) is 21.5 Å². The van der Waals surface area contributed by atoms with Crippen molar-refractivity contribution in [3.05, 3.63) is 57.6 Å². The van der Waals surface area contributed by atoms with Crippen molar-refractivity contribution in [2.45, 2.75) is 11.6 Å². The largest absolute Gasteiger partial charge is 0.416 e. The number of amides is 1. The molecule has 6 nitrogen and oxygen atoms in total. The van der Waals surface area contributed by atoms with Gasteiger partial charge in [0.2, 0.25) is 11.8 Å². The van der Waals surface area contributed by atoms with Gasteiger partial charge in [-0.25, -0.2) is 0 Å². The van der Waals surface area contributed by atoms with Gasteiger partial charge in [0.15, 0.2) is 0 Å². The first-order valence-electron chi connectivity index (χ1n) is 8.93. The standard InChI is InChI=1S/C19H19ClN4O2S2/c20-14-3-1-4-15(11-14)23-6-8-24(9-7-23)18(25)13-28-19-22-21-17(26-19)12-16-5-2-10-27-16/h1-5,10-11H,6-9,12-13H2. The van der Waals surface area contributed by atoms with Crippen molar-refractivity contribution >= 4 is 46.3 Å². The Balaban J connectivity index is 1.24. The molecule has 1 aliphatic heterocycles. The Kier molecular flexibility index (Phi) is 6.19. The molecule has 1 amide bonds. The number of anilines is 1. The Morgan fingerprint density at radius 1 is 1.18 bits per heavy atom. The van der Waals surface area contributed by atoms with Crippen LogP contribution in [0.2, 0.25) is 5.02 Å². The smallest absolute Gasteiger partial charge is 0.277 e. The van der Waals surface area contributed by atoms with Crippen LogP contribution in [0.4, 0.5) is 5.69 Å². The molecule has 4 rings (SSSR count). The fraction of sp³-hybridized carbons (Fsp3) is 0.316. The Bertz CT molecular complexity index is 924. The summed E-state index contributed by atoms with van der Waals surface area (Å²) >= 11 is 9.02. The lowest BCUT2D eigenvalue weighted by Crippen LogP contribution is -2.49. The zero-order valence-electron chi connectivity index (χ0n) is 15.1. The highest BCUT2D eigenvalue weighted by Crippen LogP contribution is 2.22. The number of thioether (sulfide) groups is 1. The lowest BCUT2D eigenvalue weighted by atomic mass is 10.2. The van der Waals surface area contributed by atoms with Gasteiger partial charge in [0.1, 0.15) is 0 Å². The van der Waals surface area contributed by atoms with E-state index in [1.54, 1.807) is 11.3 Å². The molecule has 0 radical (unpaired) electrons. The average molecular weight is 435 g/mol. The van der Waals surface area contributed by atoms with Crippen molar-refractivity contribution < 1.29 is 9.21 Å². The molecular formula is C19H19ClN4O2S2. The first-order valence-corrected chi connectivity index (χ1v) is 11.2. The van der Waals surface area contributed by atoms with Gasteiger partial charge in [-0.3, -0.25) is 4.79 Å². The Hall–Kier alpha value is -2.03. The SMILES string of the molecule is O=C(CSc1nnc(Cc2cccs2)o1)N1CCN(c2cccc(Cl)c2)CC1. The second kappa shape index (κ2) is 8.98. The summed E-state index contributed by atoms with van der Waals surface area (Å²) in [7, 11) is 0. The van der Waals surface area contributed by atoms with Crippen LogP contribution in [0.15, 0.2) is 51.4 Å². The molecule has 0 unspecified atom stereocenters. The van der Waals surface area contributed by atoms with Crippen molar-refractivity contribution in [2.24, 2.45) is 0 Å². The summed E-state index contributed by atoms with van der Waals surface area (Å²) in [5, 5.41) is 11.3. The van der Waals surface area contributed by atoms with Crippen LogP contribution in [0, 0.1) is 0 Å². The molecule has 146 valence electrons. The molecule has 0 saturated carbocycles. The third kappa shape index (κ3) is 4.87. The number of carbonyl (C=O) groups excluding carboxylic acids is 1. The molecule has 2 aromatic heterocycles. The molecule has 0 atom stereocenters. The maximum Gasteiger partial charge on any atom is 0.277 e. The first-order chi connectivity index (χ1) is 13.7. The zero-order valence-corrected chi connectivity index (χ0v) is 17.5. The number of rotatable bonds is 6. The van der Waals surface area contributed by atoms with Crippen molar-refractivity contribution in [1.82, 2.24) is 15.1 Å². The number of piperazine rings is 1. The van der Waals surface area contributed by atoms with E-state index in [1.165, 1.54) is 16.6 Å². The van der Waals surface area contributed by atoms with Gasteiger partial charge >= 0.3 is 0 Å². The summed E-state index contributed by atoms with van der Waals surface area (Å²) < 4.78 is 5.64. The maximum absolute atomic E-state index is 12.5. The second-order valence-corrected chi connectivity index (χ2v) is 8.75. The number of aromatic nitrogens is 2. The maximum atomic E-state index is 12.5. The average Bonchev–Trinajstić information content (AvgIpc) is 3.39. The molecule has 0 N–H and O–H groups in total. The Labute approximate surface area is 176 Å². The van der Waals surface area contributed by atoms with Crippen LogP contribution >= 0.6 is 34.7 Å². The quantitative estimate of drug-likeness (QED) is 0.549. The highest BCUT2D eigenvalue weighted by atomic mass is 35.5. The van der Waals surface area contributed by atoms with Crippen molar-refractivity contribution in [3.8, 4) is 0 Å². The third-order valence-corrected chi connectivity index (χ3v) is 6.39. The van der Waals surface area contributed by atoms with Gasteiger partial charge in [0.25, 0.3) is 5.22 Å². The Morgan fingerprint density at radius 3 is 2.79 bits per heavy atom. The van der Waals surface area contributed by atoms with Gasteiger partial charge in [0.05, 0.1) is 12.2 Å². The molecule has 3 aromatic rings. The number of thiophene rings is 1. The van der Waals surface area contributed by atoms with E-state index in [9.17, 15) is 4.79 Å². The number of nitrogens with zero attached hydrogens (tertiary/aromatic N) is 4. The lowest BCUT2D eigenvalue weighted by Gasteiger charge is -2.36. The zero-order chi connectivity index (χ0) is 19.3. The van der Waals surface area contributed by atoms with Crippen molar-refractivity contribution in [2.75, 3.05) is 36.8 Å². The summed E-state index contributed by atoms with van der Waals surface area (Å²) in [5.74, 6) is 0.971. The highest BCUT2D eigenvalue weighted by Gasteiger charge is 2.22. The van der Waals surface area contributed by atoms with Gasteiger partial charge in [0, 0.05) is 41.8 Å². The van der Waals surface area contributed by atoms with Crippen LogP contribution in [-0.2, 0) is 11.2 Å². The van der Waals surface area contributed by atoms with Gasteiger partial charge < -0.3 is 14.2 Å². The molecule has 1 aliphatic rings. The van der Waals surface area contributed by atoms with E-state index in [4.69, 9.17) is 16.0 Å². The molecule has 28 heavy (non-hydrogen) atoms. The monoisotopic (exact) mass is 434 g/mol. The molecule has 1 saturated heterocycles. The van der Waals surface area contributed by atoms with E-state index in [0.29, 0.717) is 36.4 Å². The minimum atomic E-state index is 0.0914. The first kappa shape index (κ1) is 19.3. The predicted molar refractivity (Wildman–Crippen MR) is 112 cm³/mol. The fourth-order valence-electron chi connectivity index (χ4n) is 3.03. The van der Waals surface area contributed by atoms with Gasteiger partial charge in [-0.2, -0.15) is 0 Å². The third-order valence-electron chi connectivity index (χ3n) is 4.48. The molecule has 0 spiro atoms. The molecule has 3 heterocycles. The topological polar surface area (TPSA) is 62.5 Å². The van der Waals surface area contributed by atoms with E-state index < -0.39 is 0 Å². The number of hydrogen-bond acceptors (Lipinski definition) is 7.